The number of hydrazine groups is 1. The monoisotopic (exact) mass is 487 g/mol. The molecular weight excluding hydrogens is 471 g/mol. The number of aryl methyl sites for hydroxylation is 1. The van der Waals surface area contributed by atoms with Gasteiger partial charge < -0.3 is 10.3 Å². The predicted molar refractivity (Wildman–Crippen MR) is 117 cm³/mol. The molecule has 3 heterocycles. The second-order valence-electron chi connectivity index (χ2n) is 7.45. The minimum absolute atomic E-state index is 0.361. The van der Waals surface area contributed by atoms with Crippen molar-refractivity contribution in [3.63, 3.8) is 0 Å². The second kappa shape index (κ2) is 7.26. The molecule has 158 valence electrons. The van der Waals surface area contributed by atoms with Gasteiger partial charge in [-0.05, 0) is 64.8 Å². The molecule has 1 aromatic heterocycles. The Kier molecular flexibility index (Phi) is 4.65. The zero-order chi connectivity index (χ0) is 21.8. The van der Waals surface area contributed by atoms with E-state index in [4.69, 9.17) is 0 Å². The summed E-state index contributed by atoms with van der Waals surface area (Å²) in [6, 6.07) is 9.48. The highest BCUT2D eigenvalue weighted by Crippen LogP contribution is 2.33. The van der Waals surface area contributed by atoms with E-state index in [1.54, 1.807) is 0 Å². The molecule has 0 bridgehead atoms. The molecule has 0 radical (unpaired) electrons. The van der Waals surface area contributed by atoms with Gasteiger partial charge in [0.1, 0.15) is 0 Å². The first kappa shape index (κ1) is 19.9. The number of hydrogen-bond donors (Lipinski definition) is 1. The molecule has 0 aliphatic carbocycles. The van der Waals surface area contributed by atoms with Crippen LogP contribution in [0.3, 0.4) is 0 Å². The number of rotatable bonds is 2. The number of allylic oxidation sites excluding steroid dienone is 1. The van der Waals surface area contributed by atoms with Gasteiger partial charge in [0.25, 0.3) is 0 Å². The molecule has 3 aromatic rings. The molecule has 1 N–H and O–H groups in total. The molecule has 5 rings (SSSR count). The molecule has 31 heavy (non-hydrogen) atoms. The largest absolute Gasteiger partial charge is 0.416 e. The zero-order valence-corrected chi connectivity index (χ0v) is 18.0. The van der Waals surface area contributed by atoms with E-state index in [9.17, 15) is 13.2 Å². The van der Waals surface area contributed by atoms with Crippen LogP contribution in [0, 0.1) is 6.92 Å². The lowest BCUT2D eigenvalue weighted by Gasteiger charge is -2.33. The quantitative estimate of drug-likeness (QED) is 0.528. The number of fused-ring (bicyclic) bond motifs is 2. The zero-order valence-electron chi connectivity index (χ0n) is 16.4. The number of hydrogen-bond acceptors (Lipinski definition) is 5. The summed E-state index contributed by atoms with van der Waals surface area (Å²) < 4.78 is 39.8. The molecule has 0 fully saturated rings. The topological polar surface area (TPSA) is 44.3 Å². The molecular formula is C22H17BrF3N5. The molecule has 0 amide bonds. The van der Waals surface area contributed by atoms with Gasteiger partial charge in [0, 0.05) is 41.8 Å². The van der Waals surface area contributed by atoms with Gasteiger partial charge in [-0.1, -0.05) is 0 Å². The minimum atomic E-state index is -4.39. The smallest absolute Gasteiger partial charge is 0.344 e. The highest BCUT2D eigenvalue weighted by atomic mass is 79.9. The van der Waals surface area contributed by atoms with E-state index in [0.29, 0.717) is 16.7 Å². The summed E-state index contributed by atoms with van der Waals surface area (Å²) in [4.78, 5) is 11.0. The molecule has 0 atom stereocenters. The molecule has 5 nitrogen and oxygen atoms in total. The summed E-state index contributed by atoms with van der Waals surface area (Å²) in [5.41, 5.74) is 7.01. The number of anilines is 1. The molecule has 2 aliphatic rings. The fourth-order valence-corrected chi connectivity index (χ4v) is 4.22. The lowest BCUT2D eigenvalue weighted by molar-refractivity contribution is -0.137. The van der Waals surface area contributed by atoms with Crippen LogP contribution in [0.4, 0.5) is 18.9 Å². The van der Waals surface area contributed by atoms with Crippen molar-refractivity contribution in [3.05, 3.63) is 76.3 Å². The summed E-state index contributed by atoms with van der Waals surface area (Å²) in [5, 5.41) is 2.44. The number of aromatic nitrogens is 2. The van der Waals surface area contributed by atoms with Gasteiger partial charge in [-0.2, -0.15) is 13.2 Å². The van der Waals surface area contributed by atoms with Crippen LogP contribution in [0.1, 0.15) is 11.1 Å². The molecule has 2 aliphatic heterocycles. The maximum absolute atomic E-state index is 12.9. The Bertz CT molecular complexity index is 1250. The third kappa shape index (κ3) is 3.63. The van der Waals surface area contributed by atoms with Crippen molar-refractivity contribution < 1.29 is 13.2 Å². The van der Waals surface area contributed by atoms with E-state index >= 15 is 0 Å². The van der Waals surface area contributed by atoms with Crippen LogP contribution >= 0.6 is 15.9 Å². The fraction of sp³-hybridized carbons (Fsp3) is 0.182. The Hall–Kier alpha value is -3.07. The van der Waals surface area contributed by atoms with Crippen LogP contribution in [-0.4, -0.2) is 28.1 Å². The van der Waals surface area contributed by atoms with Gasteiger partial charge in [-0.3, -0.25) is 5.01 Å². The van der Waals surface area contributed by atoms with Crippen LogP contribution < -0.4 is 10.3 Å². The first-order valence-corrected chi connectivity index (χ1v) is 10.4. The van der Waals surface area contributed by atoms with Crippen molar-refractivity contribution in [1.82, 2.24) is 20.4 Å². The van der Waals surface area contributed by atoms with E-state index in [1.165, 1.54) is 12.3 Å². The van der Waals surface area contributed by atoms with Gasteiger partial charge >= 0.3 is 6.18 Å². The van der Waals surface area contributed by atoms with E-state index in [-0.39, 0.29) is 0 Å². The van der Waals surface area contributed by atoms with E-state index in [0.717, 1.165) is 52.2 Å². The van der Waals surface area contributed by atoms with Crippen molar-refractivity contribution in [2.45, 2.75) is 13.1 Å². The predicted octanol–water partition coefficient (Wildman–Crippen LogP) is 5.34. The molecule has 0 unspecified atom stereocenters. The Morgan fingerprint density at radius 3 is 2.71 bits per heavy atom. The number of benzene rings is 2. The summed E-state index contributed by atoms with van der Waals surface area (Å²) in [5.74, 6) is 0.482. The summed E-state index contributed by atoms with van der Waals surface area (Å²) in [6.07, 6.45) is 1.06. The minimum Gasteiger partial charge on any atom is -0.344 e. The normalized spacial score (nSPS) is 16.2. The number of nitrogens with zero attached hydrogens (tertiary/aromatic N) is 4. The fourth-order valence-electron chi connectivity index (χ4n) is 3.80. The van der Waals surface area contributed by atoms with Crippen LogP contribution in [0.5, 0.6) is 0 Å². The maximum atomic E-state index is 12.9. The van der Waals surface area contributed by atoms with E-state index in [1.807, 2.05) is 31.3 Å². The van der Waals surface area contributed by atoms with Gasteiger partial charge in [0.15, 0.2) is 5.82 Å². The van der Waals surface area contributed by atoms with Gasteiger partial charge in [-0.25, -0.2) is 9.97 Å². The summed E-state index contributed by atoms with van der Waals surface area (Å²) in [7, 11) is 0. The van der Waals surface area contributed by atoms with Crippen LogP contribution in [0.2, 0.25) is 0 Å². The first-order valence-electron chi connectivity index (χ1n) is 9.63. The lowest BCUT2D eigenvalue weighted by Crippen LogP contribution is -2.41. The number of halogens is 4. The SMILES string of the molecule is Cc1cc(-c2ncc3cc(C(F)(F)F)ccc3n2)ccc1N1C=C2C(Br)=CNN2CC1. The Balaban J connectivity index is 1.46. The van der Waals surface area contributed by atoms with Crippen molar-refractivity contribution in [2.24, 2.45) is 0 Å². The number of nitrogens with one attached hydrogen (secondary N) is 1. The molecule has 0 saturated heterocycles. The third-order valence-electron chi connectivity index (χ3n) is 5.40. The highest BCUT2D eigenvalue weighted by Gasteiger charge is 2.30. The molecule has 2 aromatic carbocycles. The van der Waals surface area contributed by atoms with Gasteiger partial charge in [-0.15, -0.1) is 0 Å². The maximum Gasteiger partial charge on any atom is 0.416 e. The Labute approximate surface area is 185 Å². The van der Waals surface area contributed by atoms with Crippen molar-refractivity contribution in [3.8, 4) is 11.4 Å². The summed E-state index contributed by atoms with van der Waals surface area (Å²) >= 11 is 3.56. The van der Waals surface area contributed by atoms with Crippen LogP contribution in [0.15, 0.2) is 65.2 Å². The molecule has 9 heteroatoms. The highest BCUT2D eigenvalue weighted by molar-refractivity contribution is 9.12. The summed E-state index contributed by atoms with van der Waals surface area (Å²) in [6.45, 7) is 3.70. The van der Waals surface area contributed by atoms with E-state index in [2.05, 4.69) is 47.4 Å². The van der Waals surface area contributed by atoms with Crippen molar-refractivity contribution in [2.75, 3.05) is 18.0 Å². The van der Waals surface area contributed by atoms with Gasteiger partial charge in [0.2, 0.25) is 0 Å². The standard InChI is InChI=1S/C22H17BrF3N5/c1-13-8-14(2-5-19(13)30-6-7-31-20(12-30)17(23)11-28-31)21-27-10-15-9-16(22(24,25)26)3-4-18(15)29-21/h2-5,8-12,28H,6-7H2,1H3. The Morgan fingerprint density at radius 1 is 1.10 bits per heavy atom. The van der Waals surface area contributed by atoms with Crippen molar-refractivity contribution >= 4 is 32.5 Å². The van der Waals surface area contributed by atoms with Crippen LogP contribution in [-0.2, 0) is 6.18 Å². The van der Waals surface area contributed by atoms with Crippen LogP contribution in [0.25, 0.3) is 22.3 Å². The first-order chi connectivity index (χ1) is 14.8. The Morgan fingerprint density at radius 2 is 1.94 bits per heavy atom. The average Bonchev–Trinajstić information content (AvgIpc) is 3.12. The third-order valence-corrected chi connectivity index (χ3v) is 6.03. The molecule has 0 saturated carbocycles. The molecule has 0 spiro atoms. The van der Waals surface area contributed by atoms with Crippen molar-refractivity contribution in [1.29, 1.82) is 0 Å². The lowest BCUT2D eigenvalue weighted by atomic mass is 10.1. The van der Waals surface area contributed by atoms with E-state index < -0.39 is 11.7 Å². The van der Waals surface area contributed by atoms with Gasteiger partial charge in [0.05, 0.1) is 27.8 Å². The average molecular weight is 488 g/mol. The number of alkyl halides is 3. The second-order valence-corrected chi connectivity index (χ2v) is 8.30.